The van der Waals surface area contributed by atoms with Crippen LogP contribution in [0.4, 0.5) is 11.4 Å². The van der Waals surface area contributed by atoms with Crippen molar-refractivity contribution in [2.24, 2.45) is 0 Å². The van der Waals surface area contributed by atoms with Crippen molar-refractivity contribution in [2.75, 3.05) is 10.6 Å². The van der Waals surface area contributed by atoms with Crippen LogP contribution in [-0.4, -0.2) is 11.8 Å². The van der Waals surface area contributed by atoms with E-state index in [0.717, 1.165) is 22.2 Å². The van der Waals surface area contributed by atoms with E-state index >= 15 is 0 Å². The Morgan fingerprint density at radius 1 is 0.880 bits per heavy atom. The lowest BCUT2D eigenvalue weighted by Gasteiger charge is -2.19. The molecule has 0 spiro atoms. The van der Waals surface area contributed by atoms with E-state index in [1.54, 1.807) is 36.4 Å². The Hall–Kier alpha value is -2.78. The first kappa shape index (κ1) is 18.6. The summed E-state index contributed by atoms with van der Waals surface area (Å²) in [5, 5.41) is 15.7. The summed E-state index contributed by atoms with van der Waals surface area (Å²) < 4.78 is 0. The van der Waals surface area contributed by atoms with E-state index < -0.39 is 11.8 Å². The molecule has 0 unspecified atom stereocenters. The first-order valence-corrected chi connectivity index (χ1v) is 8.50. The summed E-state index contributed by atoms with van der Waals surface area (Å²) in [4.78, 5) is 24.7. The maximum atomic E-state index is 12.0. The van der Waals surface area contributed by atoms with Gasteiger partial charge in [0.25, 0.3) is 0 Å². The van der Waals surface area contributed by atoms with Crippen LogP contribution in [0, 0.1) is 10.7 Å². The summed E-state index contributed by atoms with van der Waals surface area (Å²) in [6.07, 6.45) is 0. The molecule has 5 nitrogen and oxygen atoms in total. The Kier molecular flexibility index (Phi) is 5.84. The highest BCUT2D eigenvalue weighted by molar-refractivity contribution is 8.03. The first-order chi connectivity index (χ1) is 11.8. The van der Waals surface area contributed by atoms with Crippen LogP contribution < -0.4 is 10.6 Å². The van der Waals surface area contributed by atoms with Gasteiger partial charge in [0.2, 0.25) is 0 Å². The van der Waals surface area contributed by atoms with Gasteiger partial charge in [0.1, 0.15) is 5.40 Å². The Bertz CT molecular complexity index is 801. The number of carbonyl (C=O) groups is 2. The van der Waals surface area contributed by atoms with E-state index in [1.807, 2.05) is 17.5 Å². The zero-order chi connectivity index (χ0) is 18.4. The van der Waals surface area contributed by atoms with Crippen LogP contribution >= 0.6 is 11.8 Å². The van der Waals surface area contributed by atoms with E-state index in [4.69, 9.17) is 5.26 Å². The molecule has 2 amide bonds. The number of rotatable bonds is 3. The third-order valence-electron chi connectivity index (χ3n) is 3.49. The van der Waals surface area contributed by atoms with Gasteiger partial charge in [0, 0.05) is 16.3 Å². The lowest BCUT2D eigenvalue weighted by Crippen LogP contribution is -2.29. The summed E-state index contributed by atoms with van der Waals surface area (Å²) in [6, 6.07) is 14.1. The molecule has 6 heteroatoms. The Morgan fingerprint density at radius 2 is 1.32 bits per heavy atom. The second kappa shape index (κ2) is 7.86. The second-order valence-corrected chi connectivity index (χ2v) is 7.31. The minimum Gasteiger partial charge on any atom is -0.318 e. The standard InChI is InChI=1S/C19H19N3O2S/c1-19(2,3)13-4-6-14(7-5-13)21-17(23)18(24)22-15-8-10-16(11-9-15)25-12-20/h4-11H,1-3H3,(H,21,23)(H,22,24). The molecular formula is C19H19N3O2S. The number of hydrogen-bond acceptors (Lipinski definition) is 4. The number of nitrogens with one attached hydrogen (secondary N) is 2. The van der Waals surface area contributed by atoms with Gasteiger partial charge >= 0.3 is 11.8 Å². The fraction of sp³-hybridized carbons (Fsp3) is 0.211. The van der Waals surface area contributed by atoms with Crippen molar-refractivity contribution in [3.63, 3.8) is 0 Å². The maximum Gasteiger partial charge on any atom is 0.314 e. The Balaban J connectivity index is 1.96. The molecule has 25 heavy (non-hydrogen) atoms. The zero-order valence-corrected chi connectivity index (χ0v) is 15.1. The number of nitrogens with zero attached hydrogens (tertiary/aromatic N) is 1. The minimum atomic E-state index is -0.749. The predicted octanol–water partition coefficient (Wildman–Crippen LogP) is 4.13. The summed E-state index contributed by atoms with van der Waals surface area (Å²) in [6.45, 7) is 6.32. The summed E-state index contributed by atoms with van der Waals surface area (Å²) >= 11 is 1.03. The molecule has 0 radical (unpaired) electrons. The van der Waals surface area contributed by atoms with Crippen LogP contribution in [0.25, 0.3) is 0 Å². The van der Waals surface area contributed by atoms with E-state index in [1.165, 1.54) is 0 Å². The van der Waals surface area contributed by atoms with Crippen molar-refractivity contribution < 1.29 is 9.59 Å². The van der Waals surface area contributed by atoms with Crippen LogP contribution in [-0.2, 0) is 15.0 Å². The second-order valence-electron chi connectivity index (χ2n) is 6.45. The Morgan fingerprint density at radius 3 is 1.72 bits per heavy atom. The zero-order valence-electron chi connectivity index (χ0n) is 14.3. The molecular weight excluding hydrogens is 334 g/mol. The molecule has 0 saturated heterocycles. The van der Waals surface area contributed by atoms with Gasteiger partial charge in [0.05, 0.1) is 0 Å². The molecule has 0 aliphatic carbocycles. The molecule has 0 aromatic heterocycles. The number of thiocyanates is 1. The van der Waals surface area contributed by atoms with E-state index in [2.05, 4.69) is 31.4 Å². The largest absolute Gasteiger partial charge is 0.318 e. The minimum absolute atomic E-state index is 0.0237. The van der Waals surface area contributed by atoms with Crippen molar-refractivity contribution in [1.29, 1.82) is 5.26 Å². The molecule has 0 aliphatic heterocycles. The summed E-state index contributed by atoms with van der Waals surface area (Å²) in [7, 11) is 0. The van der Waals surface area contributed by atoms with Crippen LogP contribution in [0.2, 0.25) is 0 Å². The molecule has 0 bridgehead atoms. The van der Waals surface area contributed by atoms with Crippen molar-refractivity contribution >= 4 is 35.0 Å². The lowest BCUT2D eigenvalue weighted by molar-refractivity contribution is -0.132. The molecule has 2 aromatic rings. The average molecular weight is 353 g/mol. The highest BCUT2D eigenvalue weighted by atomic mass is 32.2. The fourth-order valence-corrected chi connectivity index (χ4v) is 2.47. The smallest absolute Gasteiger partial charge is 0.314 e. The predicted molar refractivity (Wildman–Crippen MR) is 100 cm³/mol. The van der Waals surface area contributed by atoms with E-state index in [-0.39, 0.29) is 5.41 Å². The van der Waals surface area contributed by atoms with Crippen molar-refractivity contribution in [1.82, 2.24) is 0 Å². The number of nitriles is 1. The highest BCUT2D eigenvalue weighted by Gasteiger charge is 2.16. The third-order valence-corrected chi connectivity index (χ3v) is 4.09. The SMILES string of the molecule is CC(C)(C)c1ccc(NC(=O)C(=O)Nc2ccc(SC#N)cc2)cc1. The van der Waals surface area contributed by atoms with Gasteiger partial charge in [-0.2, -0.15) is 5.26 Å². The van der Waals surface area contributed by atoms with Crippen molar-refractivity contribution in [3.8, 4) is 5.40 Å². The van der Waals surface area contributed by atoms with Crippen molar-refractivity contribution in [2.45, 2.75) is 31.1 Å². The normalized spacial score (nSPS) is 10.6. The van der Waals surface area contributed by atoms with E-state index in [9.17, 15) is 9.59 Å². The Labute approximate surface area is 151 Å². The summed E-state index contributed by atoms with van der Waals surface area (Å²) in [5.74, 6) is -1.49. The number of hydrogen-bond donors (Lipinski definition) is 2. The third kappa shape index (κ3) is 5.37. The molecule has 2 N–H and O–H groups in total. The quantitative estimate of drug-likeness (QED) is 0.494. The molecule has 0 fully saturated rings. The lowest BCUT2D eigenvalue weighted by atomic mass is 9.87. The van der Waals surface area contributed by atoms with Crippen LogP contribution in [0.5, 0.6) is 0 Å². The fourth-order valence-electron chi connectivity index (χ4n) is 2.09. The van der Waals surface area contributed by atoms with Crippen LogP contribution in [0.3, 0.4) is 0 Å². The van der Waals surface area contributed by atoms with Gasteiger partial charge in [-0.05, 0) is 59.1 Å². The number of amides is 2. The summed E-state index contributed by atoms with van der Waals surface area (Å²) in [5.41, 5.74) is 2.22. The number of benzene rings is 2. The van der Waals surface area contributed by atoms with Gasteiger partial charge in [-0.3, -0.25) is 9.59 Å². The molecule has 0 atom stereocenters. The average Bonchev–Trinajstić information content (AvgIpc) is 2.56. The van der Waals surface area contributed by atoms with Gasteiger partial charge in [-0.25, -0.2) is 0 Å². The molecule has 128 valence electrons. The molecule has 0 aliphatic rings. The van der Waals surface area contributed by atoms with Crippen molar-refractivity contribution in [3.05, 3.63) is 54.1 Å². The highest BCUT2D eigenvalue weighted by Crippen LogP contribution is 2.23. The molecule has 2 aromatic carbocycles. The molecule has 0 heterocycles. The number of anilines is 2. The monoisotopic (exact) mass is 353 g/mol. The maximum absolute atomic E-state index is 12.0. The van der Waals surface area contributed by atoms with Gasteiger partial charge in [-0.15, -0.1) is 0 Å². The van der Waals surface area contributed by atoms with Crippen LogP contribution in [0.1, 0.15) is 26.3 Å². The van der Waals surface area contributed by atoms with Gasteiger partial charge < -0.3 is 10.6 Å². The first-order valence-electron chi connectivity index (χ1n) is 7.68. The van der Waals surface area contributed by atoms with E-state index in [0.29, 0.717) is 11.4 Å². The number of thioether (sulfide) groups is 1. The van der Waals surface area contributed by atoms with Crippen LogP contribution in [0.15, 0.2) is 53.4 Å². The number of carbonyl (C=O) groups excluding carboxylic acids is 2. The van der Waals surface area contributed by atoms with Gasteiger partial charge in [-0.1, -0.05) is 32.9 Å². The van der Waals surface area contributed by atoms with Gasteiger partial charge in [0.15, 0.2) is 0 Å². The molecule has 2 rings (SSSR count). The molecule has 0 saturated carbocycles. The topological polar surface area (TPSA) is 82.0 Å².